The summed E-state index contributed by atoms with van der Waals surface area (Å²) < 4.78 is 0. The van der Waals surface area contributed by atoms with Crippen LogP contribution in [0.1, 0.15) is 30.6 Å². The van der Waals surface area contributed by atoms with Gasteiger partial charge in [-0.1, -0.05) is 35.1 Å². The van der Waals surface area contributed by atoms with Gasteiger partial charge in [0.05, 0.1) is 12.3 Å². The van der Waals surface area contributed by atoms with Gasteiger partial charge in [0.15, 0.2) is 5.12 Å². The van der Waals surface area contributed by atoms with Crippen LogP contribution in [0, 0.1) is 0 Å². The highest BCUT2D eigenvalue weighted by molar-refractivity contribution is 8.13. The zero-order valence-corrected chi connectivity index (χ0v) is 11.4. The van der Waals surface area contributed by atoms with E-state index in [0.717, 1.165) is 11.8 Å². The van der Waals surface area contributed by atoms with Crippen molar-refractivity contribution >= 4 is 23.1 Å². The van der Waals surface area contributed by atoms with Gasteiger partial charge in [-0.2, -0.15) is 0 Å². The molecule has 0 fully saturated rings. The number of benzene rings is 1. The van der Waals surface area contributed by atoms with Gasteiger partial charge in [-0.25, -0.2) is 0 Å². The third-order valence-electron chi connectivity index (χ3n) is 2.54. The Morgan fingerprint density at radius 2 is 2.21 bits per heavy atom. The number of carbonyl (C=O) groups excluding carboxylic acids is 1. The maximum atomic E-state index is 10.8. The average molecular weight is 283 g/mol. The molecule has 19 heavy (non-hydrogen) atoms. The van der Waals surface area contributed by atoms with Crippen LogP contribution < -0.4 is 0 Å². The molecule has 0 saturated carbocycles. The van der Waals surface area contributed by atoms with Crippen LogP contribution in [-0.4, -0.2) is 38.6 Å². The third kappa shape index (κ3) is 5.42. The molecule has 3 N–H and O–H groups in total. The second-order valence-electron chi connectivity index (χ2n) is 4.06. The fourth-order valence-corrected chi connectivity index (χ4v) is 2.24. The Balaban J connectivity index is 2.62. The fourth-order valence-electron chi connectivity index (χ4n) is 1.59. The topological polar surface area (TPSA) is 90.1 Å². The minimum absolute atomic E-state index is 0.0113. The summed E-state index contributed by atoms with van der Waals surface area (Å²) in [6.07, 6.45) is -0.398. The SMILES string of the molecule is CC(=O)SCCC(O)C(O)c1cccc(C=NO)c1. The second kappa shape index (κ2) is 7.93. The Kier molecular flexibility index (Phi) is 6.55. The van der Waals surface area contributed by atoms with Gasteiger partial charge in [0, 0.05) is 12.7 Å². The van der Waals surface area contributed by atoms with E-state index in [0.29, 0.717) is 23.3 Å². The molecule has 0 aliphatic heterocycles. The van der Waals surface area contributed by atoms with Crippen molar-refractivity contribution in [3.8, 4) is 0 Å². The predicted octanol–water partition coefficient (Wildman–Crippen LogP) is 1.56. The number of hydrogen-bond donors (Lipinski definition) is 3. The highest BCUT2D eigenvalue weighted by Gasteiger charge is 2.18. The Bertz CT molecular complexity index is 450. The third-order valence-corrected chi connectivity index (χ3v) is 3.39. The molecule has 0 aliphatic carbocycles. The van der Waals surface area contributed by atoms with Gasteiger partial charge in [0.2, 0.25) is 0 Å². The minimum Gasteiger partial charge on any atom is -0.411 e. The van der Waals surface area contributed by atoms with Crippen LogP contribution in [0.3, 0.4) is 0 Å². The number of nitrogens with zero attached hydrogens (tertiary/aromatic N) is 1. The second-order valence-corrected chi connectivity index (χ2v) is 5.33. The molecule has 0 saturated heterocycles. The summed E-state index contributed by atoms with van der Waals surface area (Å²) in [6.45, 7) is 1.46. The Morgan fingerprint density at radius 1 is 1.47 bits per heavy atom. The maximum Gasteiger partial charge on any atom is 0.185 e. The van der Waals surface area contributed by atoms with Crippen molar-refractivity contribution in [1.29, 1.82) is 0 Å². The van der Waals surface area contributed by atoms with Gasteiger partial charge in [0.25, 0.3) is 0 Å². The van der Waals surface area contributed by atoms with Crippen LogP contribution in [0.5, 0.6) is 0 Å². The lowest BCUT2D eigenvalue weighted by atomic mass is 10.0. The van der Waals surface area contributed by atoms with Crippen LogP contribution in [0.4, 0.5) is 0 Å². The van der Waals surface area contributed by atoms with E-state index >= 15 is 0 Å². The normalized spacial score (nSPS) is 14.5. The Hall–Kier alpha value is -1.37. The molecule has 0 heterocycles. The van der Waals surface area contributed by atoms with Crippen molar-refractivity contribution in [2.75, 3.05) is 5.75 Å². The molecule has 1 rings (SSSR count). The number of aliphatic hydroxyl groups is 2. The van der Waals surface area contributed by atoms with Crippen LogP contribution >= 0.6 is 11.8 Å². The zero-order chi connectivity index (χ0) is 14.3. The predicted molar refractivity (Wildman–Crippen MR) is 74.5 cm³/mol. The van der Waals surface area contributed by atoms with Crippen molar-refractivity contribution < 1.29 is 20.2 Å². The van der Waals surface area contributed by atoms with Gasteiger partial charge < -0.3 is 15.4 Å². The first-order valence-electron chi connectivity index (χ1n) is 5.81. The van der Waals surface area contributed by atoms with Crippen LogP contribution in [-0.2, 0) is 4.79 Å². The van der Waals surface area contributed by atoms with Crippen molar-refractivity contribution in [1.82, 2.24) is 0 Å². The summed E-state index contributed by atoms with van der Waals surface area (Å²) in [5, 5.41) is 31.2. The minimum atomic E-state index is -1.03. The zero-order valence-electron chi connectivity index (χ0n) is 10.6. The van der Waals surface area contributed by atoms with Gasteiger partial charge in [-0.3, -0.25) is 4.79 Å². The summed E-state index contributed by atoms with van der Waals surface area (Å²) in [6, 6.07) is 6.73. The fraction of sp³-hybridized carbons (Fsp3) is 0.385. The lowest BCUT2D eigenvalue weighted by Gasteiger charge is -2.18. The molecule has 104 valence electrons. The molecule has 1 aromatic rings. The van der Waals surface area contributed by atoms with E-state index in [1.807, 2.05) is 0 Å². The van der Waals surface area contributed by atoms with Crippen molar-refractivity contribution in [2.24, 2.45) is 5.16 Å². The lowest BCUT2D eigenvalue weighted by molar-refractivity contribution is -0.109. The van der Waals surface area contributed by atoms with Crippen molar-refractivity contribution in [3.63, 3.8) is 0 Å². The molecule has 0 aromatic heterocycles. The molecule has 0 amide bonds. The first kappa shape index (κ1) is 15.7. The maximum absolute atomic E-state index is 10.8. The van der Waals surface area contributed by atoms with Gasteiger partial charge in [-0.05, 0) is 23.6 Å². The number of hydrogen-bond acceptors (Lipinski definition) is 6. The number of thioether (sulfide) groups is 1. The summed E-state index contributed by atoms with van der Waals surface area (Å²) in [5.74, 6) is 0.464. The molecular weight excluding hydrogens is 266 g/mol. The van der Waals surface area contributed by atoms with Crippen LogP contribution in [0.25, 0.3) is 0 Å². The summed E-state index contributed by atoms with van der Waals surface area (Å²) in [4.78, 5) is 10.8. The van der Waals surface area contributed by atoms with E-state index < -0.39 is 12.2 Å². The van der Waals surface area contributed by atoms with Gasteiger partial charge >= 0.3 is 0 Å². The number of oxime groups is 1. The van der Waals surface area contributed by atoms with E-state index in [4.69, 9.17) is 5.21 Å². The Morgan fingerprint density at radius 3 is 2.84 bits per heavy atom. The smallest absolute Gasteiger partial charge is 0.185 e. The molecule has 5 nitrogen and oxygen atoms in total. The summed E-state index contributed by atoms with van der Waals surface area (Å²) >= 11 is 1.12. The molecule has 2 atom stereocenters. The van der Waals surface area contributed by atoms with E-state index in [2.05, 4.69) is 5.16 Å². The molecule has 0 aliphatic rings. The van der Waals surface area contributed by atoms with E-state index in [-0.39, 0.29) is 5.12 Å². The van der Waals surface area contributed by atoms with Gasteiger partial charge in [0.1, 0.15) is 6.10 Å². The first-order chi connectivity index (χ1) is 9.04. The monoisotopic (exact) mass is 283 g/mol. The van der Waals surface area contributed by atoms with Gasteiger partial charge in [-0.15, -0.1) is 0 Å². The van der Waals surface area contributed by atoms with E-state index in [1.165, 1.54) is 13.1 Å². The van der Waals surface area contributed by atoms with E-state index in [9.17, 15) is 15.0 Å². The number of carbonyl (C=O) groups is 1. The molecule has 0 bridgehead atoms. The average Bonchev–Trinajstić information content (AvgIpc) is 2.38. The molecule has 1 aromatic carbocycles. The van der Waals surface area contributed by atoms with Crippen LogP contribution in [0.15, 0.2) is 29.4 Å². The highest BCUT2D eigenvalue weighted by Crippen LogP contribution is 2.21. The van der Waals surface area contributed by atoms with Crippen LogP contribution in [0.2, 0.25) is 0 Å². The lowest BCUT2D eigenvalue weighted by Crippen LogP contribution is -2.19. The molecule has 6 heteroatoms. The number of aliphatic hydroxyl groups excluding tert-OH is 2. The quantitative estimate of drug-likeness (QED) is 0.419. The van der Waals surface area contributed by atoms with E-state index in [1.54, 1.807) is 24.3 Å². The highest BCUT2D eigenvalue weighted by atomic mass is 32.2. The molecular formula is C13H17NO4S. The van der Waals surface area contributed by atoms with Crippen molar-refractivity contribution in [3.05, 3.63) is 35.4 Å². The standard InChI is InChI=1S/C13H17NO4S/c1-9(15)19-6-5-12(16)13(17)11-4-2-3-10(7-11)8-14-18/h2-4,7-8,12-13,16-18H,5-6H2,1H3. The molecule has 0 radical (unpaired) electrons. The Labute approximate surface area is 116 Å². The molecule has 2 unspecified atom stereocenters. The number of rotatable bonds is 6. The first-order valence-corrected chi connectivity index (χ1v) is 6.80. The summed E-state index contributed by atoms with van der Waals surface area (Å²) in [5.41, 5.74) is 1.17. The summed E-state index contributed by atoms with van der Waals surface area (Å²) in [7, 11) is 0. The molecule has 0 spiro atoms. The van der Waals surface area contributed by atoms with Crippen molar-refractivity contribution in [2.45, 2.75) is 25.6 Å². The largest absolute Gasteiger partial charge is 0.411 e.